The maximum atomic E-state index is 5.46. The molecule has 3 nitrogen and oxygen atoms in total. The summed E-state index contributed by atoms with van der Waals surface area (Å²) in [5, 5.41) is 7.73. The fourth-order valence-electron chi connectivity index (χ4n) is 7.87. The molecule has 0 radical (unpaired) electrons. The number of pyridine rings is 1. The fourth-order valence-corrected chi connectivity index (χ4v) is 7.87. The maximum Gasteiger partial charge on any atom is 0.101 e. The number of hydrogen-bond acceptors (Lipinski definition) is 2. The molecule has 8 aromatic carbocycles. The van der Waals surface area contributed by atoms with Crippen LogP contribution in [0.4, 0.5) is 17.1 Å². The van der Waals surface area contributed by atoms with E-state index in [0.717, 1.165) is 67.0 Å². The second-order valence-corrected chi connectivity index (χ2v) is 14.0. The minimum atomic E-state index is 0.955. The molecule has 0 saturated heterocycles. The number of fused-ring (bicyclic) bond motifs is 3. The van der Waals surface area contributed by atoms with Crippen LogP contribution in [0.2, 0.25) is 0 Å². The van der Waals surface area contributed by atoms with Gasteiger partial charge in [0.05, 0.1) is 11.2 Å². The Morgan fingerprint density at radius 1 is 0.339 bits per heavy atom. The Kier molecular flexibility index (Phi) is 8.51. The van der Waals surface area contributed by atoms with Crippen LogP contribution in [0.25, 0.3) is 72.2 Å². The summed E-state index contributed by atoms with van der Waals surface area (Å²) >= 11 is 0. The lowest BCUT2D eigenvalue weighted by molar-refractivity contribution is 0.979. The zero-order valence-corrected chi connectivity index (χ0v) is 30.7. The number of anilines is 3. The van der Waals surface area contributed by atoms with Crippen LogP contribution in [0, 0.1) is 0 Å². The Hall–Kier alpha value is -7.49. The van der Waals surface area contributed by atoms with Gasteiger partial charge in [0.2, 0.25) is 0 Å². The molecule has 10 aromatic rings. The molecule has 0 unspecified atom stereocenters. The molecular formula is C53H37N3. The first-order valence-electron chi connectivity index (χ1n) is 19.1. The average molecular weight is 716 g/mol. The fraction of sp³-hybridized carbons (Fsp3) is 0. The third-order valence-corrected chi connectivity index (χ3v) is 10.6. The summed E-state index contributed by atoms with van der Waals surface area (Å²) in [6, 6.07) is 79.9. The van der Waals surface area contributed by atoms with Gasteiger partial charge in [-0.05, 0) is 75.7 Å². The summed E-state index contributed by atoms with van der Waals surface area (Å²) in [6.45, 7) is 0. The predicted molar refractivity (Wildman–Crippen MR) is 235 cm³/mol. The first-order chi connectivity index (χ1) is 27.8. The number of benzene rings is 8. The molecule has 0 aliphatic carbocycles. The van der Waals surface area contributed by atoms with Crippen molar-refractivity contribution in [1.82, 2.24) is 9.61 Å². The van der Waals surface area contributed by atoms with Gasteiger partial charge >= 0.3 is 0 Å². The zero-order valence-electron chi connectivity index (χ0n) is 30.7. The van der Waals surface area contributed by atoms with Gasteiger partial charge in [0.1, 0.15) is 5.69 Å². The van der Waals surface area contributed by atoms with Crippen molar-refractivity contribution in [3.8, 4) is 55.9 Å². The molecule has 0 fully saturated rings. The van der Waals surface area contributed by atoms with Gasteiger partial charge in [-0.25, -0.2) is 4.52 Å². The number of hydrogen-bond donors (Lipinski definition) is 0. The van der Waals surface area contributed by atoms with E-state index in [0.29, 0.717) is 0 Å². The van der Waals surface area contributed by atoms with Crippen molar-refractivity contribution in [2.75, 3.05) is 4.90 Å². The molecule has 56 heavy (non-hydrogen) atoms. The third kappa shape index (κ3) is 6.12. The summed E-state index contributed by atoms with van der Waals surface area (Å²) < 4.78 is 2.17. The second kappa shape index (κ2) is 14.4. The number of rotatable bonds is 8. The van der Waals surface area contributed by atoms with Crippen molar-refractivity contribution in [2.24, 2.45) is 0 Å². The molecule has 0 amide bonds. The monoisotopic (exact) mass is 715 g/mol. The van der Waals surface area contributed by atoms with Crippen molar-refractivity contribution >= 4 is 33.4 Å². The highest BCUT2D eigenvalue weighted by atomic mass is 15.2. The highest BCUT2D eigenvalue weighted by Gasteiger charge is 2.23. The van der Waals surface area contributed by atoms with E-state index >= 15 is 0 Å². The van der Waals surface area contributed by atoms with E-state index in [1.54, 1.807) is 0 Å². The molecule has 0 spiro atoms. The topological polar surface area (TPSA) is 20.5 Å². The van der Waals surface area contributed by atoms with Crippen molar-refractivity contribution in [1.29, 1.82) is 0 Å². The average Bonchev–Trinajstić information content (AvgIpc) is 3.70. The van der Waals surface area contributed by atoms with Crippen LogP contribution in [0.3, 0.4) is 0 Å². The highest BCUT2D eigenvalue weighted by Crippen LogP contribution is 2.44. The lowest BCUT2D eigenvalue weighted by Crippen LogP contribution is -2.10. The lowest BCUT2D eigenvalue weighted by atomic mass is 9.96. The minimum Gasteiger partial charge on any atom is -0.310 e. The van der Waals surface area contributed by atoms with Crippen LogP contribution >= 0.6 is 0 Å². The Labute approximate surface area is 327 Å². The van der Waals surface area contributed by atoms with Crippen molar-refractivity contribution in [2.45, 2.75) is 0 Å². The van der Waals surface area contributed by atoms with Crippen LogP contribution in [0.15, 0.2) is 224 Å². The largest absolute Gasteiger partial charge is 0.310 e. The molecule has 3 heteroatoms. The van der Waals surface area contributed by atoms with E-state index in [1.807, 2.05) is 0 Å². The molecule has 0 bridgehead atoms. The van der Waals surface area contributed by atoms with Crippen molar-refractivity contribution in [3.63, 3.8) is 0 Å². The molecule has 2 heterocycles. The van der Waals surface area contributed by atoms with Gasteiger partial charge in [0, 0.05) is 39.1 Å². The zero-order chi connectivity index (χ0) is 37.3. The molecule has 0 saturated carbocycles. The Bertz CT molecular complexity index is 2820. The number of nitrogens with zero attached hydrogens (tertiary/aromatic N) is 3. The maximum absolute atomic E-state index is 5.46. The minimum absolute atomic E-state index is 0.955. The molecule has 2 aromatic heterocycles. The molecule has 0 aliphatic rings. The van der Waals surface area contributed by atoms with Crippen LogP contribution in [-0.2, 0) is 0 Å². The normalized spacial score (nSPS) is 11.2. The second-order valence-electron chi connectivity index (χ2n) is 14.0. The van der Waals surface area contributed by atoms with Gasteiger partial charge in [0.15, 0.2) is 0 Å². The first kappa shape index (κ1) is 33.1. The van der Waals surface area contributed by atoms with Gasteiger partial charge in [-0.2, -0.15) is 5.10 Å². The van der Waals surface area contributed by atoms with Crippen LogP contribution in [0.5, 0.6) is 0 Å². The Morgan fingerprint density at radius 2 is 0.750 bits per heavy atom. The number of aromatic nitrogens is 2. The summed E-state index contributed by atoms with van der Waals surface area (Å²) in [5.74, 6) is 0. The molecule has 10 rings (SSSR count). The van der Waals surface area contributed by atoms with E-state index in [4.69, 9.17) is 5.10 Å². The van der Waals surface area contributed by atoms with E-state index < -0.39 is 0 Å². The predicted octanol–water partition coefficient (Wildman–Crippen LogP) is 14.3. The summed E-state index contributed by atoms with van der Waals surface area (Å²) in [4.78, 5) is 2.36. The standard InChI is InChI=1S/C53H37N3/c1-6-16-38(17-7-1)40-26-31-46(32-27-40)55(47-33-28-41(29-34-47)39-18-8-2-9-19-39)48-35-30-45-36-50(42-20-10-3-11-21-42)56-53(49(45)37-48)51(43-22-12-4-13-23-43)52(54-56)44-24-14-5-15-25-44/h1-37H. The molecule has 0 aliphatic heterocycles. The molecule has 0 N–H and O–H groups in total. The molecule has 0 atom stereocenters. The van der Waals surface area contributed by atoms with E-state index in [9.17, 15) is 0 Å². The first-order valence-corrected chi connectivity index (χ1v) is 19.1. The van der Waals surface area contributed by atoms with Crippen LogP contribution in [0.1, 0.15) is 0 Å². The SMILES string of the molecule is c1ccc(-c2ccc(N(c3ccc(-c4ccccc4)cc3)c3ccc4cc(-c5ccccc5)n5nc(-c6ccccc6)c(-c6ccccc6)c5c4c3)cc2)cc1. The molecular weight excluding hydrogens is 679 g/mol. The van der Waals surface area contributed by atoms with E-state index in [2.05, 4.69) is 234 Å². The Balaban J connectivity index is 1.22. The van der Waals surface area contributed by atoms with Crippen LogP contribution < -0.4 is 4.90 Å². The van der Waals surface area contributed by atoms with Crippen LogP contribution in [-0.4, -0.2) is 9.61 Å². The van der Waals surface area contributed by atoms with Gasteiger partial charge in [0.25, 0.3) is 0 Å². The van der Waals surface area contributed by atoms with E-state index in [1.165, 1.54) is 22.3 Å². The smallest absolute Gasteiger partial charge is 0.101 e. The Morgan fingerprint density at radius 3 is 1.25 bits per heavy atom. The summed E-state index contributed by atoms with van der Waals surface area (Å²) in [5.41, 5.74) is 15.5. The van der Waals surface area contributed by atoms with Gasteiger partial charge in [-0.3, -0.25) is 0 Å². The van der Waals surface area contributed by atoms with E-state index in [-0.39, 0.29) is 0 Å². The quantitative estimate of drug-likeness (QED) is 0.156. The third-order valence-electron chi connectivity index (χ3n) is 10.6. The molecule has 264 valence electrons. The van der Waals surface area contributed by atoms with Crippen molar-refractivity contribution in [3.05, 3.63) is 224 Å². The highest BCUT2D eigenvalue weighted by molar-refractivity contribution is 6.10. The lowest BCUT2D eigenvalue weighted by Gasteiger charge is -2.26. The van der Waals surface area contributed by atoms with Gasteiger partial charge < -0.3 is 4.90 Å². The van der Waals surface area contributed by atoms with Gasteiger partial charge in [-0.1, -0.05) is 182 Å². The summed E-state index contributed by atoms with van der Waals surface area (Å²) in [7, 11) is 0. The van der Waals surface area contributed by atoms with Crippen molar-refractivity contribution < 1.29 is 0 Å². The summed E-state index contributed by atoms with van der Waals surface area (Å²) in [6.07, 6.45) is 0. The van der Waals surface area contributed by atoms with Gasteiger partial charge in [-0.15, -0.1) is 0 Å².